The van der Waals surface area contributed by atoms with Crippen molar-refractivity contribution < 1.29 is 14.0 Å². The first-order valence-corrected chi connectivity index (χ1v) is 7.43. The molecule has 0 aliphatic rings. The zero-order valence-corrected chi connectivity index (χ0v) is 13.6. The fraction of sp³-hybridized carbons (Fsp3) is 0.118. The van der Waals surface area contributed by atoms with Crippen LogP contribution in [0.25, 0.3) is 10.9 Å². The molecule has 0 saturated heterocycles. The largest absolute Gasteiger partial charge is 0.443 e. The van der Waals surface area contributed by atoms with Crippen LogP contribution in [0, 0.1) is 18.3 Å². The normalized spacial score (nSPS) is 10.6. The third kappa shape index (κ3) is 2.55. The van der Waals surface area contributed by atoms with E-state index >= 15 is 0 Å². The minimum Gasteiger partial charge on any atom is -0.443 e. The molecular weight excluding hydrogens is 330 g/mol. The lowest BCUT2D eigenvalue weighted by molar-refractivity contribution is 0.101. The van der Waals surface area contributed by atoms with Gasteiger partial charge < -0.3 is 9.40 Å². The number of carbonyl (C=O) groups excluding carboxylic acids is 2. The van der Waals surface area contributed by atoms with Gasteiger partial charge in [-0.15, -0.1) is 0 Å². The van der Waals surface area contributed by atoms with Gasteiger partial charge in [-0.25, -0.2) is 0 Å². The Kier molecular flexibility index (Phi) is 3.87. The summed E-state index contributed by atoms with van der Waals surface area (Å²) < 4.78 is 5.37. The number of para-hydroxylation sites is 1. The Morgan fingerprint density at radius 2 is 2.12 bits per heavy atom. The van der Waals surface area contributed by atoms with E-state index in [-0.39, 0.29) is 34.2 Å². The summed E-state index contributed by atoms with van der Waals surface area (Å²) in [5, 5.41) is 13.1. The number of Topliss-reactive ketones (excluding diaryl/α,β-unsaturated/α-hetero) is 1. The van der Waals surface area contributed by atoms with Crippen molar-refractivity contribution in [2.45, 2.75) is 13.8 Å². The van der Waals surface area contributed by atoms with Crippen LogP contribution in [-0.2, 0) is 0 Å². The van der Waals surface area contributed by atoms with Crippen LogP contribution in [0.4, 0.5) is 5.88 Å². The Balaban J connectivity index is 1.98. The predicted octanol–water partition coefficient (Wildman–Crippen LogP) is 4.05. The van der Waals surface area contributed by atoms with Crippen molar-refractivity contribution in [3.63, 3.8) is 0 Å². The minimum absolute atomic E-state index is 0.0162. The molecule has 2 aromatic heterocycles. The maximum Gasteiger partial charge on any atom is 0.274 e. The molecule has 7 heteroatoms. The lowest BCUT2D eigenvalue weighted by Gasteiger charge is -2.00. The first-order chi connectivity index (χ1) is 11.4. The van der Waals surface area contributed by atoms with Gasteiger partial charge in [0.25, 0.3) is 5.91 Å². The number of hydrogen-bond acceptors (Lipinski definition) is 4. The Labute approximate surface area is 142 Å². The highest BCUT2D eigenvalue weighted by atomic mass is 35.5. The summed E-state index contributed by atoms with van der Waals surface area (Å²) in [6.45, 7) is 2.90. The molecule has 0 atom stereocenters. The standard InChI is InChI=1S/C17H12ClN3O3/c1-8(22)14-9(2)24-17(11(14)7-19)21-16(23)13-6-10-4-3-5-12(18)15(10)20-13/h3-6,20H,1-2H3,(H,21,23). The molecular formula is C17H12ClN3O3. The van der Waals surface area contributed by atoms with Gasteiger partial charge in [0.05, 0.1) is 16.1 Å². The number of nitrogens with zero attached hydrogens (tertiary/aromatic N) is 1. The van der Waals surface area contributed by atoms with Crippen LogP contribution in [0.15, 0.2) is 28.7 Å². The number of aromatic amines is 1. The van der Waals surface area contributed by atoms with Crippen molar-refractivity contribution in [1.82, 2.24) is 4.98 Å². The number of H-pyrrole nitrogens is 1. The van der Waals surface area contributed by atoms with Gasteiger partial charge in [0, 0.05) is 5.39 Å². The van der Waals surface area contributed by atoms with Crippen LogP contribution in [0.1, 0.15) is 39.1 Å². The topological polar surface area (TPSA) is 98.9 Å². The second-order valence-corrected chi connectivity index (χ2v) is 5.65. The summed E-state index contributed by atoms with van der Waals surface area (Å²) in [7, 11) is 0. The number of aromatic nitrogens is 1. The molecule has 0 bridgehead atoms. The van der Waals surface area contributed by atoms with Crippen LogP contribution < -0.4 is 5.32 Å². The third-order valence-electron chi connectivity index (χ3n) is 3.63. The van der Waals surface area contributed by atoms with Gasteiger partial charge >= 0.3 is 0 Å². The van der Waals surface area contributed by atoms with Crippen molar-refractivity contribution in [1.29, 1.82) is 5.26 Å². The van der Waals surface area contributed by atoms with Gasteiger partial charge in [-0.05, 0) is 26.0 Å². The number of carbonyl (C=O) groups is 2. The van der Waals surface area contributed by atoms with Crippen molar-refractivity contribution in [3.8, 4) is 6.07 Å². The van der Waals surface area contributed by atoms with Gasteiger partial charge in [-0.3, -0.25) is 14.9 Å². The van der Waals surface area contributed by atoms with Gasteiger partial charge in [-0.1, -0.05) is 23.7 Å². The number of anilines is 1. The van der Waals surface area contributed by atoms with E-state index in [1.54, 1.807) is 25.1 Å². The second kappa shape index (κ2) is 5.87. The molecule has 0 saturated carbocycles. The lowest BCUT2D eigenvalue weighted by Crippen LogP contribution is -2.12. The number of ketones is 1. The van der Waals surface area contributed by atoms with Crippen molar-refractivity contribution in [2.24, 2.45) is 0 Å². The van der Waals surface area contributed by atoms with E-state index in [0.717, 1.165) is 5.39 Å². The predicted molar refractivity (Wildman–Crippen MR) is 89.4 cm³/mol. The molecule has 0 unspecified atom stereocenters. The maximum atomic E-state index is 12.4. The number of halogens is 1. The molecule has 0 spiro atoms. The smallest absolute Gasteiger partial charge is 0.274 e. The number of furan rings is 1. The monoisotopic (exact) mass is 341 g/mol. The number of nitrogens with one attached hydrogen (secondary N) is 2. The van der Waals surface area contributed by atoms with Gasteiger partial charge in [0.1, 0.15) is 23.1 Å². The van der Waals surface area contributed by atoms with Crippen LogP contribution in [0.5, 0.6) is 0 Å². The van der Waals surface area contributed by atoms with Gasteiger partial charge in [0.15, 0.2) is 5.78 Å². The number of fused-ring (bicyclic) bond motifs is 1. The molecule has 6 nitrogen and oxygen atoms in total. The van der Waals surface area contributed by atoms with Crippen molar-refractivity contribution in [2.75, 3.05) is 5.32 Å². The first kappa shape index (κ1) is 15.8. The second-order valence-electron chi connectivity index (χ2n) is 5.25. The molecule has 2 heterocycles. The van der Waals surface area contributed by atoms with E-state index in [4.69, 9.17) is 16.0 Å². The number of hydrogen-bond donors (Lipinski definition) is 2. The SMILES string of the molecule is CC(=O)c1c(C)oc(NC(=O)c2cc3cccc(Cl)c3[nH]2)c1C#N. The average molecular weight is 342 g/mol. The van der Waals surface area contributed by atoms with Gasteiger partial charge in [-0.2, -0.15) is 5.26 Å². The number of nitriles is 1. The lowest BCUT2D eigenvalue weighted by atomic mass is 10.1. The molecule has 0 radical (unpaired) electrons. The van der Waals surface area contributed by atoms with E-state index in [1.165, 1.54) is 6.92 Å². The summed E-state index contributed by atoms with van der Waals surface area (Å²) in [5.41, 5.74) is 1.10. The van der Waals surface area contributed by atoms with E-state index in [1.807, 2.05) is 12.1 Å². The van der Waals surface area contributed by atoms with Crippen molar-refractivity contribution >= 4 is 40.1 Å². The van der Waals surface area contributed by atoms with E-state index < -0.39 is 5.91 Å². The maximum absolute atomic E-state index is 12.4. The number of amides is 1. The molecule has 0 fully saturated rings. The van der Waals surface area contributed by atoms with Crippen LogP contribution >= 0.6 is 11.6 Å². The van der Waals surface area contributed by atoms with Crippen LogP contribution in [0.2, 0.25) is 5.02 Å². The third-order valence-corrected chi connectivity index (χ3v) is 3.94. The highest BCUT2D eigenvalue weighted by Crippen LogP contribution is 2.28. The quantitative estimate of drug-likeness (QED) is 0.702. The Morgan fingerprint density at radius 3 is 2.75 bits per heavy atom. The first-order valence-electron chi connectivity index (χ1n) is 7.05. The molecule has 3 aromatic rings. The number of benzene rings is 1. The highest BCUT2D eigenvalue weighted by molar-refractivity contribution is 6.35. The number of aryl methyl sites for hydroxylation is 1. The molecule has 1 amide bonds. The fourth-order valence-corrected chi connectivity index (χ4v) is 2.80. The number of rotatable bonds is 3. The van der Waals surface area contributed by atoms with E-state index in [0.29, 0.717) is 10.5 Å². The van der Waals surface area contributed by atoms with E-state index in [2.05, 4.69) is 10.3 Å². The van der Waals surface area contributed by atoms with Crippen LogP contribution in [-0.4, -0.2) is 16.7 Å². The molecule has 0 aliphatic heterocycles. The Morgan fingerprint density at radius 1 is 1.38 bits per heavy atom. The summed E-state index contributed by atoms with van der Waals surface area (Å²) in [4.78, 5) is 27.0. The molecule has 0 aliphatic carbocycles. The zero-order valence-electron chi connectivity index (χ0n) is 12.9. The van der Waals surface area contributed by atoms with Crippen LogP contribution in [0.3, 0.4) is 0 Å². The molecule has 2 N–H and O–H groups in total. The zero-order chi connectivity index (χ0) is 17.4. The Bertz CT molecular complexity index is 1020. The molecule has 24 heavy (non-hydrogen) atoms. The average Bonchev–Trinajstić information content (AvgIpc) is 3.09. The van der Waals surface area contributed by atoms with Gasteiger partial charge in [0.2, 0.25) is 5.88 Å². The highest BCUT2D eigenvalue weighted by Gasteiger charge is 2.23. The fourth-order valence-electron chi connectivity index (χ4n) is 2.58. The molecule has 1 aromatic carbocycles. The summed E-state index contributed by atoms with van der Waals surface area (Å²) in [5.74, 6) is -0.558. The van der Waals surface area contributed by atoms with E-state index in [9.17, 15) is 14.9 Å². The molecule has 120 valence electrons. The minimum atomic E-state index is -0.498. The summed E-state index contributed by atoms with van der Waals surface area (Å²) >= 11 is 6.08. The Hall–Kier alpha value is -3.04. The summed E-state index contributed by atoms with van der Waals surface area (Å²) in [6, 6.07) is 8.85. The van der Waals surface area contributed by atoms with Crippen molar-refractivity contribution in [3.05, 3.63) is 51.9 Å². The summed E-state index contributed by atoms with van der Waals surface area (Å²) in [6.07, 6.45) is 0. The molecule has 3 rings (SSSR count).